The van der Waals surface area contributed by atoms with E-state index in [9.17, 15) is 14.0 Å². The summed E-state index contributed by atoms with van der Waals surface area (Å²) in [6.07, 6.45) is 1.38. The summed E-state index contributed by atoms with van der Waals surface area (Å²) in [5.74, 6) is -0.607. The van der Waals surface area contributed by atoms with Crippen molar-refractivity contribution >= 4 is 24.1 Å². The lowest BCUT2D eigenvalue weighted by molar-refractivity contribution is -0.140. The number of carbonyl (C=O) groups is 2. The number of halogens is 2. The van der Waals surface area contributed by atoms with Crippen LogP contribution in [0.15, 0.2) is 24.3 Å². The van der Waals surface area contributed by atoms with Crippen LogP contribution in [0.5, 0.6) is 0 Å². The molecular formula is C18H24ClFN2O3. The third-order valence-corrected chi connectivity index (χ3v) is 4.82. The van der Waals surface area contributed by atoms with Gasteiger partial charge in [0.25, 0.3) is 0 Å². The van der Waals surface area contributed by atoms with Gasteiger partial charge in [0.15, 0.2) is 5.78 Å². The number of likely N-dealkylation sites (tertiary alicyclic amines) is 1. The van der Waals surface area contributed by atoms with E-state index < -0.39 is 0 Å². The smallest absolute Gasteiger partial charge is 0.242 e. The number of ketones is 1. The summed E-state index contributed by atoms with van der Waals surface area (Å²) in [7, 11) is 0. The summed E-state index contributed by atoms with van der Waals surface area (Å²) in [5.41, 5.74) is 0.503. The molecule has 7 heteroatoms. The first-order valence-electron chi connectivity index (χ1n) is 8.50. The van der Waals surface area contributed by atoms with Gasteiger partial charge in [-0.15, -0.1) is 12.4 Å². The van der Waals surface area contributed by atoms with Gasteiger partial charge in [0, 0.05) is 31.1 Å². The molecule has 1 aromatic carbocycles. The zero-order valence-electron chi connectivity index (χ0n) is 14.2. The molecule has 0 bridgehead atoms. The predicted octanol–water partition coefficient (Wildman–Crippen LogP) is 2.05. The molecule has 1 unspecified atom stereocenters. The average Bonchev–Trinajstić information content (AvgIpc) is 2.62. The molecule has 3 atom stereocenters. The summed E-state index contributed by atoms with van der Waals surface area (Å²) >= 11 is 0. The number of ether oxygens (including phenoxy) is 1. The molecule has 0 saturated carbocycles. The lowest BCUT2D eigenvalue weighted by Gasteiger charge is -2.37. The summed E-state index contributed by atoms with van der Waals surface area (Å²) < 4.78 is 18.6. The zero-order valence-corrected chi connectivity index (χ0v) is 15.1. The van der Waals surface area contributed by atoms with E-state index in [1.807, 2.05) is 6.92 Å². The Labute approximate surface area is 153 Å². The quantitative estimate of drug-likeness (QED) is 0.827. The molecule has 0 radical (unpaired) electrons. The molecule has 3 rings (SSSR count). The first kappa shape index (κ1) is 19.8. The van der Waals surface area contributed by atoms with Gasteiger partial charge < -0.3 is 15.0 Å². The van der Waals surface area contributed by atoms with Gasteiger partial charge in [0.2, 0.25) is 5.91 Å². The van der Waals surface area contributed by atoms with E-state index >= 15 is 0 Å². The Morgan fingerprint density at radius 1 is 1.28 bits per heavy atom. The number of amides is 1. The Morgan fingerprint density at radius 2 is 2.00 bits per heavy atom. The van der Waals surface area contributed by atoms with Crippen LogP contribution in [0.1, 0.15) is 30.1 Å². The minimum Gasteiger partial charge on any atom is -0.375 e. The number of hydrogen-bond donors (Lipinski definition) is 1. The van der Waals surface area contributed by atoms with E-state index in [0.717, 1.165) is 12.8 Å². The fourth-order valence-electron chi connectivity index (χ4n) is 3.45. The molecule has 138 valence electrons. The molecule has 2 aliphatic rings. The van der Waals surface area contributed by atoms with Crippen LogP contribution < -0.4 is 5.32 Å². The van der Waals surface area contributed by atoms with Crippen molar-refractivity contribution < 1.29 is 18.7 Å². The zero-order chi connectivity index (χ0) is 17.1. The van der Waals surface area contributed by atoms with Crippen LogP contribution in [0.4, 0.5) is 4.39 Å². The summed E-state index contributed by atoms with van der Waals surface area (Å²) in [6, 6.07) is 5.26. The van der Waals surface area contributed by atoms with Crippen LogP contribution in [-0.2, 0) is 9.53 Å². The van der Waals surface area contributed by atoms with Crippen LogP contribution in [0.25, 0.3) is 0 Å². The average molecular weight is 371 g/mol. The molecule has 0 aliphatic carbocycles. The van der Waals surface area contributed by atoms with Gasteiger partial charge in [-0.1, -0.05) is 0 Å². The maximum absolute atomic E-state index is 13.0. The fourth-order valence-corrected chi connectivity index (χ4v) is 3.45. The normalized spacial score (nSPS) is 26.6. The van der Waals surface area contributed by atoms with Crippen LogP contribution in [-0.4, -0.2) is 55.0 Å². The second kappa shape index (κ2) is 8.74. The van der Waals surface area contributed by atoms with E-state index in [1.165, 1.54) is 24.3 Å². The fraction of sp³-hybridized carbons (Fsp3) is 0.556. The van der Waals surface area contributed by atoms with Crippen molar-refractivity contribution in [3.63, 3.8) is 0 Å². The van der Waals surface area contributed by atoms with Gasteiger partial charge in [-0.3, -0.25) is 9.59 Å². The van der Waals surface area contributed by atoms with Gasteiger partial charge in [-0.05, 0) is 44.0 Å². The Hall–Kier alpha value is -1.50. The van der Waals surface area contributed by atoms with Crippen molar-refractivity contribution in [2.24, 2.45) is 5.92 Å². The minimum atomic E-state index is -0.357. The highest BCUT2D eigenvalue weighted by Gasteiger charge is 2.35. The first-order chi connectivity index (χ1) is 11.6. The van der Waals surface area contributed by atoms with Crippen LogP contribution >= 0.6 is 12.4 Å². The van der Waals surface area contributed by atoms with Crippen molar-refractivity contribution in [1.82, 2.24) is 10.2 Å². The van der Waals surface area contributed by atoms with Gasteiger partial charge in [0.05, 0.1) is 12.7 Å². The second-order valence-corrected chi connectivity index (χ2v) is 6.50. The molecule has 2 heterocycles. The predicted molar refractivity (Wildman–Crippen MR) is 94.5 cm³/mol. The highest BCUT2D eigenvalue weighted by molar-refractivity contribution is 5.98. The molecular weight excluding hydrogens is 347 g/mol. The lowest BCUT2D eigenvalue weighted by atomic mass is 9.89. The molecule has 2 saturated heterocycles. The van der Waals surface area contributed by atoms with E-state index in [0.29, 0.717) is 31.8 Å². The summed E-state index contributed by atoms with van der Waals surface area (Å²) in [5, 5.41) is 3.21. The number of rotatable bonds is 3. The highest BCUT2D eigenvalue weighted by atomic mass is 35.5. The number of hydrogen-bond acceptors (Lipinski definition) is 4. The van der Waals surface area contributed by atoms with E-state index in [-0.39, 0.29) is 48.0 Å². The number of nitrogens with zero attached hydrogens (tertiary/aromatic N) is 1. The van der Waals surface area contributed by atoms with Crippen molar-refractivity contribution in [2.45, 2.75) is 31.9 Å². The Balaban J connectivity index is 0.00000225. The largest absolute Gasteiger partial charge is 0.375 e. The summed E-state index contributed by atoms with van der Waals surface area (Å²) in [4.78, 5) is 27.1. The Bertz CT molecular complexity index is 611. The second-order valence-electron chi connectivity index (χ2n) is 6.50. The van der Waals surface area contributed by atoms with Crippen molar-refractivity contribution in [3.05, 3.63) is 35.6 Å². The van der Waals surface area contributed by atoms with Crippen LogP contribution in [0, 0.1) is 11.7 Å². The number of piperidine rings is 1. The number of nitrogens with one attached hydrogen (secondary N) is 1. The van der Waals surface area contributed by atoms with Gasteiger partial charge in [0.1, 0.15) is 11.9 Å². The van der Waals surface area contributed by atoms with Crippen LogP contribution in [0.2, 0.25) is 0 Å². The molecule has 2 aliphatic heterocycles. The SMILES string of the molecule is C[C@H]1OCCN[C@@H]1C(=O)N1CCCC(C(=O)c2ccc(F)cc2)C1.Cl. The van der Waals surface area contributed by atoms with E-state index in [4.69, 9.17) is 4.74 Å². The van der Waals surface area contributed by atoms with Crippen molar-refractivity contribution in [1.29, 1.82) is 0 Å². The maximum Gasteiger partial charge on any atom is 0.242 e. The topological polar surface area (TPSA) is 58.6 Å². The molecule has 0 spiro atoms. The molecule has 1 N–H and O–H groups in total. The third kappa shape index (κ3) is 4.57. The Morgan fingerprint density at radius 3 is 2.68 bits per heavy atom. The van der Waals surface area contributed by atoms with E-state index in [1.54, 1.807) is 4.90 Å². The van der Waals surface area contributed by atoms with Gasteiger partial charge in [-0.2, -0.15) is 0 Å². The molecule has 25 heavy (non-hydrogen) atoms. The molecule has 5 nitrogen and oxygen atoms in total. The van der Waals surface area contributed by atoms with Gasteiger partial charge >= 0.3 is 0 Å². The lowest BCUT2D eigenvalue weighted by Crippen LogP contribution is -2.58. The minimum absolute atomic E-state index is 0. The first-order valence-corrected chi connectivity index (χ1v) is 8.50. The molecule has 1 amide bonds. The number of morpholine rings is 1. The molecule has 1 aromatic rings. The van der Waals surface area contributed by atoms with Crippen molar-refractivity contribution in [3.8, 4) is 0 Å². The van der Waals surface area contributed by atoms with Crippen molar-refractivity contribution in [2.75, 3.05) is 26.2 Å². The standard InChI is InChI=1S/C18H23FN2O3.ClH/c1-12-16(20-8-10-24-12)18(23)21-9-2-3-14(11-21)17(22)13-4-6-15(19)7-5-13;/h4-7,12,14,16,20H,2-3,8-11H2,1H3;1H/t12-,14?,16+;/m1./s1. The third-order valence-electron chi connectivity index (χ3n) is 4.82. The van der Waals surface area contributed by atoms with Gasteiger partial charge in [-0.25, -0.2) is 4.39 Å². The Kier molecular flexibility index (Phi) is 6.93. The van der Waals surface area contributed by atoms with Crippen LogP contribution in [0.3, 0.4) is 0 Å². The summed E-state index contributed by atoms with van der Waals surface area (Å²) in [6.45, 7) is 4.24. The molecule has 0 aromatic heterocycles. The van der Waals surface area contributed by atoms with E-state index in [2.05, 4.69) is 5.32 Å². The number of carbonyl (C=O) groups excluding carboxylic acids is 2. The monoisotopic (exact) mass is 370 g/mol. The molecule has 2 fully saturated rings. The number of benzene rings is 1. The maximum atomic E-state index is 13.0. The highest BCUT2D eigenvalue weighted by Crippen LogP contribution is 2.22. The number of Topliss-reactive ketones (excluding diaryl/α,β-unsaturated/α-hetero) is 1.